The van der Waals surface area contributed by atoms with Gasteiger partial charge in [-0.3, -0.25) is 9.78 Å². The molecule has 1 aromatic heterocycles. The molecule has 2 aromatic carbocycles. The first kappa shape index (κ1) is 13.7. The minimum Gasteiger partial charge on any atom is -0.294 e. The quantitative estimate of drug-likeness (QED) is 0.669. The SMILES string of the molecule is O=C(Cc1c(F)cccc1Cl)c1ccc2cccnc2c1. The number of pyridine rings is 1. The summed E-state index contributed by atoms with van der Waals surface area (Å²) in [5.74, 6) is -0.649. The van der Waals surface area contributed by atoms with E-state index in [9.17, 15) is 9.18 Å². The van der Waals surface area contributed by atoms with Crippen LogP contribution in [0.25, 0.3) is 10.9 Å². The highest BCUT2D eigenvalue weighted by Gasteiger charge is 2.14. The Morgan fingerprint density at radius 1 is 1.14 bits per heavy atom. The van der Waals surface area contributed by atoms with Crippen LogP contribution in [0.5, 0.6) is 0 Å². The highest BCUT2D eigenvalue weighted by atomic mass is 35.5. The van der Waals surface area contributed by atoms with E-state index in [4.69, 9.17) is 11.6 Å². The molecular formula is C17H11ClFNO. The lowest BCUT2D eigenvalue weighted by Gasteiger charge is -2.06. The van der Waals surface area contributed by atoms with Gasteiger partial charge in [-0.15, -0.1) is 0 Å². The van der Waals surface area contributed by atoms with Crippen molar-refractivity contribution in [3.05, 3.63) is 76.7 Å². The Morgan fingerprint density at radius 2 is 2.00 bits per heavy atom. The highest BCUT2D eigenvalue weighted by molar-refractivity contribution is 6.31. The molecule has 0 spiro atoms. The summed E-state index contributed by atoms with van der Waals surface area (Å²) in [5.41, 5.74) is 1.47. The van der Waals surface area contributed by atoms with Crippen molar-refractivity contribution in [3.63, 3.8) is 0 Å². The number of aromatic nitrogens is 1. The first-order valence-electron chi connectivity index (χ1n) is 6.46. The second-order valence-corrected chi connectivity index (χ2v) is 5.12. The average Bonchev–Trinajstić information content (AvgIpc) is 2.50. The van der Waals surface area contributed by atoms with Crippen LogP contribution in [0.1, 0.15) is 15.9 Å². The van der Waals surface area contributed by atoms with Crippen LogP contribution < -0.4 is 0 Å². The fraction of sp³-hybridized carbons (Fsp3) is 0.0588. The van der Waals surface area contributed by atoms with Gasteiger partial charge in [0.25, 0.3) is 0 Å². The van der Waals surface area contributed by atoms with E-state index < -0.39 is 5.82 Å². The van der Waals surface area contributed by atoms with E-state index in [-0.39, 0.29) is 22.8 Å². The Bertz CT molecular complexity index is 812. The van der Waals surface area contributed by atoms with Crippen molar-refractivity contribution >= 4 is 28.3 Å². The molecule has 104 valence electrons. The lowest BCUT2D eigenvalue weighted by molar-refractivity contribution is 0.0992. The van der Waals surface area contributed by atoms with Gasteiger partial charge in [0.15, 0.2) is 5.78 Å². The van der Waals surface area contributed by atoms with Crippen molar-refractivity contribution in [2.24, 2.45) is 0 Å². The zero-order chi connectivity index (χ0) is 14.8. The summed E-state index contributed by atoms with van der Waals surface area (Å²) in [6.45, 7) is 0. The lowest BCUT2D eigenvalue weighted by atomic mass is 10.0. The van der Waals surface area contributed by atoms with E-state index in [1.165, 1.54) is 12.1 Å². The molecule has 0 saturated carbocycles. The maximum Gasteiger partial charge on any atom is 0.167 e. The molecule has 0 aliphatic heterocycles. The van der Waals surface area contributed by atoms with Crippen LogP contribution in [0.15, 0.2) is 54.7 Å². The van der Waals surface area contributed by atoms with Crippen molar-refractivity contribution in [1.82, 2.24) is 4.98 Å². The van der Waals surface area contributed by atoms with Crippen LogP contribution in [0.3, 0.4) is 0 Å². The molecular weight excluding hydrogens is 289 g/mol. The number of benzene rings is 2. The minimum absolute atomic E-state index is 0.0656. The molecule has 0 unspecified atom stereocenters. The molecule has 4 heteroatoms. The average molecular weight is 300 g/mol. The minimum atomic E-state index is -0.463. The van der Waals surface area contributed by atoms with Gasteiger partial charge in [-0.1, -0.05) is 35.9 Å². The van der Waals surface area contributed by atoms with Crippen LogP contribution in [0.2, 0.25) is 5.02 Å². The Hall–Kier alpha value is -2.26. The molecule has 0 atom stereocenters. The number of hydrogen-bond acceptors (Lipinski definition) is 2. The molecule has 0 bridgehead atoms. The molecule has 0 N–H and O–H groups in total. The van der Waals surface area contributed by atoms with E-state index in [2.05, 4.69) is 4.98 Å². The van der Waals surface area contributed by atoms with E-state index in [1.807, 2.05) is 18.2 Å². The zero-order valence-corrected chi connectivity index (χ0v) is 11.8. The van der Waals surface area contributed by atoms with Gasteiger partial charge >= 0.3 is 0 Å². The number of hydrogen-bond donors (Lipinski definition) is 0. The normalized spacial score (nSPS) is 10.8. The molecule has 21 heavy (non-hydrogen) atoms. The molecule has 0 aliphatic carbocycles. The standard InChI is InChI=1S/C17H11ClFNO/c18-14-4-1-5-15(19)13(14)10-17(21)12-7-6-11-3-2-8-20-16(11)9-12/h1-9H,10H2. The Kier molecular flexibility index (Phi) is 3.67. The van der Waals surface area contributed by atoms with E-state index in [0.29, 0.717) is 5.56 Å². The number of nitrogens with zero attached hydrogens (tertiary/aromatic N) is 1. The smallest absolute Gasteiger partial charge is 0.167 e. The summed E-state index contributed by atoms with van der Waals surface area (Å²) < 4.78 is 13.7. The van der Waals surface area contributed by atoms with Crippen molar-refractivity contribution in [2.45, 2.75) is 6.42 Å². The number of carbonyl (C=O) groups excluding carboxylic acids is 1. The molecule has 3 rings (SSSR count). The largest absolute Gasteiger partial charge is 0.294 e. The Labute approximate surface area is 126 Å². The number of rotatable bonds is 3. The maximum atomic E-state index is 13.7. The number of fused-ring (bicyclic) bond motifs is 1. The van der Waals surface area contributed by atoms with Crippen molar-refractivity contribution in [3.8, 4) is 0 Å². The molecule has 0 amide bonds. The number of halogens is 2. The summed E-state index contributed by atoms with van der Waals surface area (Å²) >= 11 is 5.95. The molecule has 0 saturated heterocycles. The van der Waals surface area contributed by atoms with Gasteiger partial charge in [-0.2, -0.15) is 0 Å². The lowest BCUT2D eigenvalue weighted by Crippen LogP contribution is -2.06. The van der Waals surface area contributed by atoms with Gasteiger partial charge < -0.3 is 0 Å². The summed E-state index contributed by atoms with van der Waals surface area (Å²) in [4.78, 5) is 16.5. The fourth-order valence-electron chi connectivity index (χ4n) is 2.20. The summed E-state index contributed by atoms with van der Waals surface area (Å²) in [7, 11) is 0. The third-order valence-corrected chi connectivity index (χ3v) is 3.68. The van der Waals surface area contributed by atoms with E-state index in [0.717, 1.165) is 10.9 Å². The molecule has 0 radical (unpaired) electrons. The summed E-state index contributed by atoms with van der Waals surface area (Å²) in [5, 5.41) is 1.22. The molecule has 3 aromatic rings. The topological polar surface area (TPSA) is 30.0 Å². The van der Waals surface area contributed by atoms with Gasteiger partial charge in [0, 0.05) is 34.2 Å². The molecule has 0 aliphatic rings. The van der Waals surface area contributed by atoms with Gasteiger partial charge in [-0.05, 0) is 24.3 Å². The molecule has 1 heterocycles. The monoisotopic (exact) mass is 299 g/mol. The van der Waals surface area contributed by atoms with Crippen LogP contribution in [0.4, 0.5) is 4.39 Å². The second-order valence-electron chi connectivity index (χ2n) is 4.71. The number of Topliss-reactive ketones (excluding diaryl/α,β-unsaturated/α-hetero) is 1. The fourth-order valence-corrected chi connectivity index (χ4v) is 2.43. The van der Waals surface area contributed by atoms with Crippen LogP contribution in [-0.4, -0.2) is 10.8 Å². The highest BCUT2D eigenvalue weighted by Crippen LogP contribution is 2.22. The van der Waals surface area contributed by atoms with Gasteiger partial charge in [0.05, 0.1) is 5.52 Å². The Balaban J connectivity index is 1.94. The van der Waals surface area contributed by atoms with Gasteiger partial charge in [-0.25, -0.2) is 4.39 Å². The first-order chi connectivity index (χ1) is 10.1. The third kappa shape index (κ3) is 2.78. The number of carbonyl (C=O) groups is 1. The second kappa shape index (κ2) is 5.62. The summed E-state index contributed by atoms with van der Waals surface area (Å²) in [6.07, 6.45) is 1.61. The van der Waals surface area contributed by atoms with Crippen LogP contribution >= 0.6 is 11.6 Å². The molecule has 0 fully saturated rings. The van der Waals surface area contributed by atoms with Crippen molar-refractivity contribution < 1.29 is 9.18 Å². The van der Waals surface area contributed by atoms with Crippen LogP contribution in [0, 0.1) is 5.82 Å². The van der Waals surface area contributed by atoms with Crippen LogP contribution in [-0.2, 0) is 6.42 Å². The summed E-state index contributed by atoms with van der Waals surface area (Å²) in [6, 6.07) is 13.4. The number of ketones is 1. The first-order valence-corrected chi connectivity index (χ1v) is 6.84. The Morgan fingerprint density at radius 3 is 2.81 bits per heavy atom. The predicted octanol–water partition coefficient (Wildman–Crippen LogP) is 4.45. The maximum absolute atomic E-state index is 13.7. The predicted molar refractivity (Wildman–Crippen MR) is 81.2 cm³/mol. The third-order valence-electron chi connectivity index (χ3n) is 3.33. The van der Waals surface area contributed by atoms with E-state index >= 15 is 0 Å². The molecule has 2 nitrogen and oxygen atoms in total. The van der Waals surface area contributed by atoms with E-state index in [1.54, 1.807) is 24.4 Å². The zero-order valence-electron chi connectivity index (χ0n) is 11.0. The van der Waals surface area contributed by atoms with Crippen molar-refractivity contribution in [1.29, 1.82) is 0 Å². The van der Waals surface area contributed by atoms with Crippen molar-refractivity contribution in [2.75, 3.05) is 0 Å². The van der Waals surface area contributed by atoms with Gasteiger partial charge in [0.2, 0.25) is 0 Å². The van der Waals surface area contributed by atoms with Gasteiger partial charge in [0.1, 0.15) is 5.82 Å².